The molecule has 44 heavy (non-hydrogen) atoms. The summed E-state index contributed by atoms with van der Waals surface area (Å²) in [6.07, 6.45) is 1.97. The molecular formula is C42H28N2. The van der Waals surface area contributed by atoms with Crippen LogP contribution in [-0.2, 0) is 0 Å². The lowest BCUT2D eigenvalue weighted by Crippen LogP contribution is -1.96. The largest absolute Gasteiger partial charge is 0.236 e. The smallest absolute Gasteiger partial charge is 0.159 e. The van der Waals surface area contributed by atoms with Gasteiger partial charge in [-0.1, -0.05) is 158 Å². The highest BCUT2D eigenvalue weighted by atomic mass is 14.9. The minimum atomic E-state index is 0.723. The van der Waals surface area contributed by atoms with Crippen LogP contribution in [0.15, 0.2) is 170 Å². The predicted octanol–water partition coefficient (Wildman–Crippen LogP) is 11.1. The maximum absolute atomic E-state index is 5.17. The second kappa shape index (κ2) is 11.1. The summed E-state index contributed by atoms with van der Waals surface area (Å²) in [6, 6.07) is 57.8. The van der Waals surface area contributed by atoms with E-state index < -0.39 is 0 Å². The first-order valence-corrected chi connectivity index (χ1v) is 14.9. The number of rotatable bonds is 5. The third-order valence-electron chi connectivity index (χ3n) is 8.36. The van der Waals surface area contributed by atoms with E-state index in [-0.39, 0.29) is 0 Å². The van der Waals surface area contributed by atoms with Crippen LogP contribution in [0, 0.1) is 0 Å². The van der Waals surface area contributed by atoms with Gasteiger partial charge in [0.05, 0.1) is 5.69 Å². The van der Waals surface area contributed by atoms with E-state index in [0.717, 1.165) is 33.8 Å². The molecule has 0 aliphatic heterocycles. The van der Waals surface area contributed by atoms with E-state index in [1.807, 2.05) is 24.4 Å². The van der Waals surface area contributed by atoms with E-state index in [4.69, 9.17) is 9.97 Å². The van der Waals surface area contributed by atoms with Crippen LogP contribution >= 0.6 is 0 Å². The van der Waals surface area contributed by atoms with Gasteiger partial charge in [0.15, 0.2) is 5.82 Å². The molecule has 0 spiro atoms. The lowest BCUT2D eigenvalue weighted by molar-refractivity contribution is 1.18. The molecule has 206 valence electrons. The molecule has 0 amide bonds. The summed E-state index contributed by atoms with van der Waals surface area (Å²) in [6.45, 7) is 0. The normalized spacial score (nSPS) is 11.2. The Bertz CT molecular complexity index is 2250. The topological polar surface area (TPSA) is 25.8 Å². The highest BCUT2D eigenvalue weighted by Gasteiger charge is 2.15. The maximum atomic E-state index is 5.17. The molecule has 0 atom stereocenters. The fourth-order valence-corrected chi connectivity index (χ4v) is 6.02. The molecule has 0 saturated heterocycles. The van der Waals surface area contributed by atoms with Crippen molar-refractivity contribution < 1.29 is 0 Å². The number of aromatic nitrogens is 2. The molecule has 8 rings (SSSR count). The zero-order valence-corrected chi connectivity index (χ0v) is 24.1. The third kappa shape index (κ3) is 4.83. The number of fused-ring (bicyclic) bond motifs is 2. The van der Waals surface area contributed by atoms with Crippen molar-refractivity contribution in [2.75, 3.05) is 0 Å². The number of hydrogen-bond acceptors (Lipinski definition) is 2. The Kier molecular flexibility index (Phi) is 6.51. The molecule has 1 heterocycles. The average Bonchev–Trinajstić information content (AvgIpc) is 3.11. The molecule has 0 bridgehead atoms. The van der Waals surface area contributed by atoms with Gasteiger partial charge >= 0.3 is 0 Å². The highest BCUT2D eigenvalue weighted by Crippen LogP contribution is 2.37. The zero-order chi connectivity index (χ0) is 29.3. The van der Waals surface area contributed by atoms with E-state index in [0.29, 0.717) is 0 Å². The van der Waals surface area contributed by atoms with Crippen LogP contribution in [0.2, 0.25) is 0 Å². The van der Waals surface area contributed by atoms with E-state index >= 15 is 0 Å². The second-order valence-electron chi connectivity index (χ2n) is 11.1. The molecule has 0 N–H and O–H groups in total. The molecule has 0 fully saturated rings. The average molecular weight is 561 g/mol. The van der Waals surface area contributed by atoms with Gasteiger partial charge in [-0.15, -0.1) is 0 Å². The highest BCUT2D eigenvalue weighted by molar-refractivity contribution is 5.99. The SMILES string of the molecule is c1ccc(-c2ncc(-c3ccc(-c4ccc(-c5ccc6ccccc6c5)cc4)cc3)c(-c3cccc4ccccc34)n2)cc1. The van der Waals surface area contributed by atoms with Gasteiger partial charge in [-0.25, -0.2) is 9.97 Å². The molecule has 2 nitrogen and oxygen atoms in total. The number of nitrogens with zero attached hydrogens (tertiary/aromatic N) is 2. The first-order valence-electron chi connectivity index (χ1n) is 14.9. The van der Waals surface area contributed by atoms with E-state index in [2.05, 4.69) is 146 Å². The van der Waals surface area contributed by atoms with Gasteiger partial charge in [0, 0.05) is 22.9 Å². The molecule has 1 aromatic heterocycles. The van der Waals surface area contributed by atoms with Crippen molar-refractivity contribution in [1.29, 1.82) is 0 Å². The van der Waals surface area contributed by atoms with Crippen molar-refractivity contribution in [2.45, 2.75) is 0 Å². The Morgan fingerprint density at radius 1 is 0.341 bits per heavy atom. The molecule has 0 saturated carbocycles. The van der Waals surface area contributed by atoms with Crippen molar-refractivity contribution in [3.63, 3.8) is 0 Å². The summed E-state index contributed by atoms with van der Waals surface area (Å²) in [4.78, 5) is 9.99. The lowest BCUT2D eigenvalue weighted by Gasteiger charge is -2.14. The van der Waals surface area contributed by atoms with Crippen molar-refractivity contribution in [3.8, 4) is 56.0 Å². The molecule has 0 aliphatic carbocycles. The molecular weight excluding hydrogens is 532 g/mol. The van der Waals surface area contributed by atoms with Crippen molar-refractivity contribution in [1.82, 2.24) is 9.97 Å². The van der Waals surface area contributed by atoms with Gasteiger partial charge in [0.1, 0.15) is 0 Å². The summed E-state index contributed by atoms with van der Waals surface area (Å²) >= 11 is 0. The van der Waals surface area contributed by atoms with E-state index in [1.54, 1.807) is 0 Å². The van der Waals surface area contributed by atoms with Crippen LogP contribution in [0.5, 0.6) is 0 Å². The Morgan fingerprint density at radius 3 is 1.66 bits per heavy atom. The summed E-state index contributed by atoms with van der Waals surface area (Å²) in [5.74, 6) is 0.723. The Hall–Kier alpha value is -5.86. The molecule has 0 radical (unpaired) electrons. The molecule has 0 aliphatic rings. The van der Waals surface area contributed by atoms with E-state index in [9.17, 15) is 0 Å². The van der Waals surface area contributed by atoms with Gasteiger partial charge in [0.25, 0.3) is 0 Å². The lowest BCUT2D eigenvalue weighted by atomic mass is 9.94. The van der Waals surface area contributed by atoms with Crippen LogP contribution in [0.4, 0.5) is 0 Å². The monoisotopic (exact) mass is 560 g/mol. The maximum Gasteiger partial charge on any atom is 0.159 e. The van der Waals surface area contributed by atoms with Crippen LogP contribution in [0.1, 0.15) is 0 Å². The molecule has 7 aromatic carbocycles. The van der Waals surface area contributed by atoms with Crippen LogP contribution in [-0.4, -0.2) is 9.97 Å². The number of hydrogen-bond donors (Lipinski definition) is 0. The summed E-state index contributed by atoms with van der Waals surface area (Å²) < 4.78 is 0. The Morgan fingerprint density at radius 2 is 0.909 bits per heavy atom. The Labute approximate surface area is 257 Å². The number of benzene rings is 7. The van der Waals surface area contributed by atoms with Crippen molar-refractivity contribution >= 4 is 21.5 Å². The predicted molar refractivity (Wildman–Crippen MR) is 184 cm³/mol. The van der Waals surface area contributed by atoms with Gasteiger partial charge in [-0.05, 0) is 55.4 Å². The van der Waals surface area contributed by atoms with Crippen molar-refractivity contribution in [3.05, 3.63) is 170 Å². The fraction of sp³-hybridized carbons (Fsp3) is 0. The molecule has 8 aromatic rings. The summed E-state index contributed by atoms with van der Waals surface area (Å²) in [5.41, 5.74) is 9.94. The van der Waals surface area contributed by atoms with E-state index in [1.165, 1.54) is 43.8 Å². The first-order chi connectivity index (χ1) is 21.8. The van der Waals surface area contributed by atoms with Gasteiger partial charge < -0.3 is 0 Å². The quantitative estimate of drug-likeness (QED) is 0.209. The van der Waals surface area contributed by atoms with Gasteiger partial charge in [-0.2, -0.15) is 0 Å². The van der Waals surface area contributed by atoms with Crippen LogP contribution in [0.25, 0.3) is 77.6 Å². The van der Waals surface area contributed by atoms with Crippen LogP contribution < -0.4 is 0 Å². The zero-order valence-electron chi connectivity index (χ0n) is 24.1. The molecule has 0 unspecified atom stereocenters. The summed E-state index contributed by atoms with van der Waals surface area (Å²) in [5, 5.41) is 4.89. The van der Waals surface area contributed by atoms with Gasteiger partial charge in [-0.3, -0.25) is 0 Å². The fourth-order valence-electron chi connectivity index (χ4n) is 6.02. The summed E-state index contributed by atoms with van der Waals surface area (Å²) in [7, 11) is 0. The first kappa shape index (κ1) is 25.8. The minimum absolute atomic E-state index is 0.723. The minimum Gasteiger partial charge on any atom is -0.236 e. The van der Waals surface area contributed by atoms with Crippen LogP contribution in [0.3, 0.4) is 0 Å². The van der Waals surface area contributed by atoms with Gasteiger partial charge in [0.2, 0.25) is 0 Å². The second-order valence-corrected chi connectivity index (χ2v) is 11.1. The van der Waals surface area contributed by atoms with Crippen molar-refractivity contribution in [2.24, 2.45) is 0 Å². The standard InChI is InChI=1S/C42H28N2/c1-2-11-35(12-3-1)42-43-28-40(41(44-42)39-16-8-14-33-10-6-7-15-38(33)39)34-24-21-31(22-25-34)30-17-19-32(20-18-30)37-26-23-29-9-4-5-13-36(29)27-37/h1-28H. The molecule has 2 heteroatoms. The third-order valence-corrected chi connectivity index (χ3v) is 8.36. The Balaban J connectivity index is 1.16.